The molecule has 7 heteroatoms. The highest BCUT2D eigenvalue weighted by Crippen LogP contribution is 2.26. The van der Waals surface area contributed by atoms with E-state index in [1.807, 2.05) is 6.92 Å². The average molecular weight is 335 g/mol. The molecule has 0 fully saturated rings. The zero-order valence-electron chi connectivity index (χ0n) is 13.5. The minimum Gasteiger partial charge on any atom is -0.495 e. The second-order valence-electron chi connectivity index (χ2n) is 5.12. The number of sulfonamides is 1. The maximum atomic E-state index is 12.6. The molecule has 0 aliphatic heterocycles. The summed E-state index contributed by atoms with van der Waals surface area (Å²) < 4.78 is 32.8. The van der Waals surface area contributed by atoms with Crippen molar-refractivity contribution in [2.45, 2.75) is 25.2 Å². The van der Waals surface area contributed by atoms with Crippen molar-refractivity contribution in [3.63, 3.8) is 0 Å². The van der Waals surface area contributed by atoms with Gasteiger partial charge in [-0.15, -0.1) is 0 Å². The van der Waals surface area contributed by atoms with Gasteiger partial charge in [-0.25, -0.2) is 13.4 Å². The predicted molar refractivity (Wildman–Crippen MR) is 91.6 cm³/mol. The smallest absolute Gasteiger partial charge is 0.265 e. The van der Waals surface area contributed by atoms with Gasteiger partial charge in [-0.3, -0.25) is 4.72 Å². The Bertz CT molecular complexity index is 759. The van der Waals surface area contributed by atoms with E-state index in [0.29, 0.717) is 17.3 Å². The van der Waals surface area contributed by atoms with Gasteiger partial charge in [-0.1, -0.05) is 13.0 Å². The van der Waals surface area contributed by atoms with Crippen LogP contribution in [0.3, 0.4) is 0 Å². The summed E-state index contributed by atoms with van der Waals surface area (Å²) in [5.74, 6) is 1.01. The molecule has 0 amide bonds. The molecular formula is C16H21N3O3S. The Morgan fingerprint density at radius 1 is 1.22 bits per heavy atom. The Labute approximate surface area is 137 Å². The minimum absolute atomic E-state index is 0.105. The highest BCUT2D eigenvalue weighted by Gasteiger charge is 2.20. The topological polar surface area (TPSA) is 80.3 Å². The lowest BCUT2D eigenvalue weighted by Crippen LogP contribution is -2.14. The van der Waals surface area contributed by atoms with Crippen molar-refractivity contribution >= 4 is 21.5 Å². The molecular weight excluding hydrogens is 314 g/mol. The van der Waals surface area contributed by atoms with Crippen LogP contribution in [0.5, 0.6) is 5.75 Å². The van der Waals surface area contributed by atoms with Crippen molar-refractivity contribution in [2.75, 3.05) is 23.7 Å². The fourth-order valence-corrected chi connectivity index (χ4v) is 3.31. The molecule has 1 aromatic heterocycles. The van der Waals surface area contributed by atoms with Crippen molar-refractivity contribution in [1.29, 1.82) is 0 Å². The first-order valence-corrected chi connectivity index (χ1v) is 8.82. The molecule has 2 aromatic rings. The van der Waals surface area contributed by atoms with Crippen LogP contribution in [-0.2, 0) is 10.0 Å². The molecule has 0 aliphatic rings. The van der Waals surface area contributed by atoms with Crippen molar-refractivity contribution in [2.24, 2.45) is 0 Å². The molecule has 0 aliphatic carbocycles. The quantitative estimate of drug-likeness (QED) is 0.813. The normalized spacial score (nSPS) is 11.1. The molecule has 1 heterocycles. The molecule has 0 atom stereocenters. The zero-order chi connectivity index (χ0) is 16.9. The van der Waals surface area contributed by atoms with Gasteiger partial charge in [0.25, 0.3) is 10.0 Å². The summed E-state index contributed by atoms with van der Waals surface area (Å²) in [5.41, 5.74) is 1.24. The number of nitrogens with one attached hydrogen (secondary N) is 2. The van der Waals surface area contributed by atoms with E-state index in [0.717, 1.165) is 18.5 Å². The van der Waals surface area contributed by atoms with Crippen LogP contribution in [0.25, 0.3) is 0 Å². The van der Waals surface area contributed by atoms with E-state index in [-0.39, 0.29) is 4.90 Å². The number of aromatic nitrogens is 1. The van der Waals surface area contributed by atoms with Gasteiger partial charge in [0, 0.05) is 6.54 Å². The predicted octanol–water partition coefficient (Wildman–Crippen LogP) is 3.02. The standard InChI is InChI=1S/C16H21N3O3S/c1-4-9-17-16-8-6-13(11-18-16)19-23(20,21)15-10-12(2)5-7-14(15)22-3/h5-8,10-11,19H,4,9H2,1-3H3,(H,17,18). The molecule has 2 rings (SSSR count). The van der Waals surface area contributed by atoms with E-state index in [2.05, 4.69) is 21.9 Å². The van der Waals surface area contributed by atoms with E-state index >= 15 is 0 Å². The third kappa shape index (κ3) is 4.35. The van der Waals surface area contributed by atoms with Crippen molar-refractivity contribution < 1.29 is 13.2 Å². The molecule has 124 valence electrons. The van der Waals surface area contributed by atoms with Crippen LogP contribution in [0.2, 0.25) is 0 Å². The van der Waals surface area contributed by atoms with Crippen LogP contribution in [0.1, 0.15) is 18.9 Å². The first-order chi connectivity index (χ1) is 11.0. The molecule has 1 aromatic carbocycles. The number of methoxy groups -OCH3 is 1. The molecule has 2 N–H and O–H groups in total. The van der Waals surface area contributed by atoms with Gasteiger partial charge in [-0.2, -0.15) is 0 Å². The fraction of sp³-hybridized carbons (Fsp3) is 0.312. The number of nitrogens with zero attached hydrogens (tertiary/aromatic N) is 1. The van der Waals surface area contributed by atoms with Gasteiger partial charge in [-0.05, 0) is 43.2 Å². The van der Waals surface area contributed by atoms with Gasteiger partial charge in [0.15, 0.2) is 0 Å². The van der Waals surface area contributed by atoms with Gasteiger partial charge in [0.1, 0.15) is 16.5 Å². The van der Waals surface area contributed by atoms with Crippen LogP contribution in [0.15, 0.2) is 41.4 Å². The number of pyridine rings is 1. The third-order valence-corrected chi connectivity index (χ3v) is 4.58. The van der Waals surface area contributed by atoms with E-state index in [1.165, 1.54) is 13.3 Å². The van der Waals surface area contributed by atoms with Gasteiger partial charge >= 0.3 is 0 Å². The summed E-state index contributed by atoms with van der Waals surface area (Å²) in [6.07, 6.45) is 2.47. The molecule has 23 heavy (non-hydrogen) atoms. The number of hydrogen-bond donors (Lipinski definition) is 2. The maximum Gasteiger partial charge on any atom is 0.265 e. The molecule has 0 saturated heterocycles. The minimum atomic E-state index is -3.74. The van der Waals surface area contributed by atoms with E-state index in [1.54, 1.807) is 30.3 Å². The molecule has 0 radical (unpaired) electrons. The van der Waals surface area contributed by atoms with E-state index in [9.17, 15) is 8.42 Å². The van der Waals surface area contributed by atoms with Crippen LogP contribution >= 0.6 is 0 Å². The summed E-state index contributed by atoms with van der Waals surface area (Å²) in [6, 6.07) is 8.42. The Morgan fingerprint density at radius 2 is 2.00 bits per heavy atom. The largest absolute Gasteiger partial charge is 0.495 e. The van der Waals surface area contributed by atoms with Crippen LogP contribution < -0.4 is 14.8 Å². The summed E-state index contributed by atoms with van der Waals surface area (Å²) >= 11 is 0. The number of aryl methyl sites for hydroxylation is 1. The Balaban J connectivity index is 2.23. The SMILES string of the molecule is CCCNc1ccc(NS(=O)(=O)c2cc(C)ccc2OC)cn1. The summed E-state index contributed by atoms with van der Waals surface area (Å²) in [4.78, 5) is 4.29. The molecule has 6 nitrogen and oxygen atoms in total. The number of rotatable bonds is 7. The Morgan fingerprint density at radius 3 is 2.61 bits per heavy atom. The number of ether oxygens (including phenoxy) is 1. The maximum absolute atomic E-state index is 12.6. The highest BCUT2D eigenvalue weighted by molar-refractivity contribution is 7.92. The number of hydrogen-bond acceptors (Lipinski definition) is 5. The number of benzene rings is 1. The third-order valence-electron chi connectivity index (χ3n) is 3.18. The van der Waals surface area contributed by atoms with Crippen LogP contribution in [0, 0.1) is 6.92 Å². The fourth-order valence-electron chi connectivity index (χ4n) is 2.02. The Kier molecular flexibility index (Phi) is 5.44. The molecule has 0 bridgehead atoms. The van der Waals surface area contributed by atoms with E-state index in [4.69, 9.17) is 4.74 Å². The number of anilines is 2. The van der Waals surface area contributed by atoms with Gasteiger partial charge in [0.2, 0.25) is 0 Å². The monoisotopic (exact) mass is 335 g/mol. The van der Waals surface area contributed by atoms with Crippen molar-refractivity contribution in [3.05, 3.63) is 42.1 Å². The summed E-state index contributed by atoms with van der Waals surface area (Å²) in [7, 11) is -2.30. The van der Waals surface area contributed by atoms with Gasteiger partial charge in [0.05, 0.1) is 19.0 Å². The average Bonchev–Trinajstić information content (AvgIpc) is 2.54. The lowest BCUT2D eigenvalue weighted by molar-refractivity contribution is 0.402. The summed E-state index contributed by atoms with van der Waals surface area (Å²) in [5, 5.41) is 3.13. The molecule has 0 unspecified atom stereocenters. The second kappa shape index (κ2) is 7.32. The first kappa shape index (κ1) is 17.1. The lowest BCUT2D eigenvalue weighted by Gasteiger charge is -2.12. The van der Waals surface area contributed by atoms with Crippen LogP contribution in [0.4, 0.5) is 11.5 Å². The van der Waals surface area contributed by atoms with Crippen molar-refractivity contribution in [3.8, 4) is 5.75 Å². The Hall–Kier alpha value is -2.28. The highest BCUT2D eigenvalue weighted by atomic mass is 32.2. The van der Waals surface area contributed by atoms with Crippen LogP contribution in [-0.4, -0.2) is 27.1 Å². The van der Waals surface area contributed by atoms with Gasteiger partial charge < -0.3 is 10.1 Å². The van der Waals surface area contributed by atoms with Crippen molar-refractivity contribution in [1.82, 2.24) is 4.98 Å². The summed E-state index contributed by atoms with van der Waals surface area (Å²) in [6.45, 7) is 4.71. The first-order valence-electron chi connectivity index (χ1n) is 7.33. The molecule has 0 saturated carbocycles. The lowest BCUT2D eigenvalue weighted by atomic mass is 10.2. The molecule has 0 spiro atoms. The van der Waals surface area contributed by atoms with E-state index < -0.39 is 10.0 Å². The second-order valence-corrected chi connectivity index (χ2v) is 6.77. The zero-order valence-corrected chi connectivity index (χ0v) is 14.3.